The van der Waals surface area contributed by atoms with Gasteiger partial charge in [-0.05, 0) is 54.4 Å². The number of rotatable bonds is 6. The van der Waals surface area contributed by atoms with Gasteiger partial charge in [0.1, 0.15) is 11.5 Å². The van der Waals surface area contributed by atoms with Crippen LogP contribution in [0.25, 0.3) is 5.76 Å². The Bertz CT molecular complexity index is 1350. The molecule has 0 aliphatic carbocycles. The summed E-state index contributed by atoms with van der Waals surface area (Å²) in [5.74, 6) is -0.698. The second-order valence-electron chi connectivity index (χ2n) is 7.87. The molecule has 3 aromatic rings. The van der Waals surface area contributed by atoms with E-state index in [0.717, 1.165) is 0 Å². The maximum Gasteiger partial charge on any atom is 0.300 e. The number of hydrogen-bond acceptors (Lipinski definition) is 6. The number of benzene rings is 3. The maximum atomic E-state index is 13.4. The van der Waals surface area contributed by atoms with Crippen LogP contribution in [0.2, 0.25) is 5.02 Å². The molecule has 0 saturated carbocycles. The van der Waals surface area contributed by atoms with Crippen molar-refractivity contribution in [3.8, 4) is 17.2 Å². The van der Waals surface area contributed by atoms with E-state index in [1.807, 2.05) is 0 Å². The zero-order valence-corrected chi connectivity index (χ0v) is 20.4. The van der Waals surface area contributed by atoms with Gasteiger partial charge in [0.2, 0.25) is 0 Å². The van der Waals surface area contributed by atoms with Gasteiger partial charge in [-0.25, -0.2) is 0 Å². The van der Waals surface area contributed by atoms with Crippen LogP contribution in [0.3, 0.4) is 0 Å². The van der Waals surface area contributed by atoms with Crippen molar-refractivity contribution < 1.29 is 28.9 Å². The summed E-state index contributed by atoms with van der Waals surface area (Å²) in [5, 5.41) is 11.8. The molecule has 1 atom stereocenters. The summed E-state index contributed by atoms with van der Waals surface area (Å²) in [5.41, 5.74) is 1.84. The number of hydrogen-bond donors (Lipinski definition) is 1. The number of anilines is 1. The number of amides is 1. The Labute approximate surface area is 208 Å². The molecule has 7 nitrogen and oxygen atoms in total. The molecule has 1 unspecified atom stereocenters. The Balaban J connectivity index is 2.03. The molecule has 1 saturated heterocycles. The second kappa shape index (κ2) is 9.72. The molecule has 3 aromatic carbocycles. The molecule has 0 bridgehead atoms. The lowest BCUT2D eigenvalue weighted by Crippen LogP contribution is -2.30. The number of halogens is 1. The maximum absolute atomic E-state index is 13.4. The topological polar surface area (TPSA) is 85.3 Å². The Hall–Kier alpha value is -3.97. The number of methoxy groups -OCH3 is 3. The van der Waals surface area contributed by atoms with Gasteiger partial charge in [-0.15, -0.1) is 0 Å². The Kier molecular flexibility index (Phi) is 6.71. The summed E-state index contributed by atoms with van der Waals surface area (Å²) >= 11 is 6.35. The van der Waals surface area contributed by atoms with E-state index in [-0.39, 0.29) is 11.3 Å². The lowest BCUT2D eigenvalue weighted by atomic mass is 9.94. The van der Waals surface area contributed by atoms with E-state index < -0.39 is 17.7 Å². The average Bonchev–Trinajstić information content (AvgIpc) is 3.14. The van der Waals surface area contributed by atoms with Gasteiger partial charge in [-0.1, -0.05) is 35.9 Å². The highest BCUT2D eigenvalue weighted by Gasteiger charge is 2.48. The molecule has 1 aliphatic rings. The first-order valence-corrected chi connectivity index (χ1v) is 11.1. The first-order valence-electron chi connectivity index (χ1n) is 10.8. The molecule has 8 heteroatoms. The number of Topliss-reactive ketones (excluding diaryl/α,β-unsaturated/α-hetero) is 1. The van der Waals surface area contributed by atoms with Gasteiger partial charge in [0, 0.05) is 10.7 Å². The van der Waals surface area contributed by atoms with E-state index in [1.54, 1.807) is 67.6 Å². The van der Waals surface area contributed by atoms with Gasteiger partial charge in [0.05, 0.1) is 38.5 Å². The van der Waals surface area contributed by atoms with Gasteiger partial charge < -0.3 is 19.3 Å². The minimum absolute atomic E-state index is 0.0777. The molecule has 0 radical (unpaired) electrons. The van der Waals surface area contributed by atoms with Crippen LogP contribution in [-0.2, 0) is 9.59 Å². The SMILES string of the molecule is COc1ccc(C2/C(=C(\O)c3ccccc3OC)C(=O)C(=O)N2c2cccc(Cl)c2C)cc1OC. The summed E-state index contributed by atoms with van der Waals surface area (Å²) in [6, 6.07) is 16.0. The van der Waals surface area contributed by atoms with Crippen molar-refractivity contribution in [3.63, 3.8) is 0 Å². The third-order valence-corrected chi connectivity index (χ3v) is 6.44. The number of aliphatic hydroxyl groups is 1. The fourth-order valence-corrected chi connectivity index (χ4v) is 4.43. The molecule has 1 fully saturated rings. The molecule has 180 valence electrons. The minimum Gasteiger partial charge on any atom is -0.507 e. The van der Waals surface area contributed by atoms with Crippen molar-refractivity contribution in [2.45, 2.75) is 13.0 Å². The van der Waals surface area contributed by atoms with Crippen LogP contribution in [-0.4, -0.2) is 38.1 Å². The van der Waals surface area contributed by atoms with Crippen molar-refractivity contribution >= 4 is 34.7 Å². The van der Waals surface area contributed by atoms with Crippen LogP contribution in [0.1, 0.15) is 22.7 Å². The minimum atomic E-state index is -0.961. The van der Waals surface area contributed by atoms with Crippen LogP contribution < -0.4 is 19.1 Å². The third kappa shape index (κ3) is 4.08. The van der Waals surface area contributed by atoms with Crippen molar-refractivity contribution in [1.82, 2.24) is 0 Å². The van der Waals surface area contributed by atoms with Crippen LogP contribution in [0.4, 0.5) is 5.69 Å². The van der Waals surface area contributed by atoms with E-state index in [1.165, 1.54) is 26.2 Å². The van der Waals surface area contributed by atoms with E-state index >= 15 is 0 Å². The predicted octanol–water partition coefficient (Wildman–Crippen LogP) is 5.30. The normalized spacial score (nSPS) is 16.9. The van der Waals surface area contributed by atoms with E-state index in [0.29, 0.717) is 44.6 Å². The fourth-order valence-electron chi connectivity index (χ4n) is 4.26. The summed E-state index contributed by atoms with van der Waals surface area (Å²) in [4.78, 5) is 28.2. The molecule has 4 rings (SSSR count). The molecule has 0 aromatic heterocycles. The van der Waals surface area contributed by atoms with Crippen molar-refractivity contribution in [1.29, 1.82) is 0 Å². The quantitative estimate of drug-likeness (QED) is 0.285. The fraction of sp³-hybridized carbons (Fsp3) is 0.185. The van der Waals surface area contributed by atoms with Crippen LogP contribution >= 0.6 is 11.6 Å². The summed E-state index contributed by atoms with van der Waals surface area (Å²) in [6.45, 7) is 1.77. The number of nitrogens with zero attached hydrogens (tertiary/aromatic N) is 1. The van der Waals surface area contributed by atoms with Crippen LogP contribution in [0, 0.1) is 6.92 Å². The summed E-state index contributed by atoms with van der Waals surface area (Å²) in [7, 11) is 4.47. The van der Waals surface area contributed by atoms with Gasteiger partial charge in [0.15, 0.2) is 11.5 Å². The van der Waals surface area contributed by atoms with E-state index in [4.69, 9.17) is 25.8 Å². The number of aliphatic hydroxyl groups excluding tert-OH is 1. The largest absolute Gasteiger partial charge is 0.507 e. The van der Waals surface area contributed by atoms with Gasteiger partial charge in [0.25, 0.3) is 11.7 Å². The zero-order valence-electron chi connectivity index (χ0n) is 19.7. The van der Waals surface area contributed by atoms with Crippen molar-refractivity contribution in [3.05, 3.63) is 87.9 Å². The van der Waals surface area contributed by atoms with E-state index in [2.05, 4.69) is 0 Å². The molecular formula is C27H24ClNO6. The monoisotopic (exact) mass is 493 g/mol. The Morgan fingerprint density at radius 3 is 2.26 bits per heavy atom. The smallest absolute Gasteiger partial charge is 0.300 e. The molecular weight excluding hydrogens is 470 g/mol. The number of ether oxygens (including phenoxy) is 3. The highest BCUT2D eigenvalue weighted by atomic mass is 35.5. The first-order chi connectivity index (χ1) is 16.8. The number of para-hydroxylation sites is 1. The third-order valence-electron chi connectivity index (χ3n) is 6.03. The summed E-state index contributed by atoms with van der Waals surface area (Å²) in [6.07, 6.45) is 0. The predicted molar refractivity (Wildman–Crippen MR) is 134 cm³/mol. The highest BCUT2D eigenvalue weighted by Crippen LogP contribution is 2.46. The first kappa shape index (κ1) is 24.2. The van der Waals surface area contributed by atoms with Crippen LogP contribution in [0.5, 0.6) is 17.2 Å². The lowest BCUT2D eigenvalue weighted by molar-refractivity contribution is -0.132. The molecule has 1 aliphatic heterocycles. The van der Waals surface area contributed by atoms with Gasteiger partial charge >= 0.3 is 0 Å². The van der Waals surface area contributed by atoms with Crippen molar-refractivity contribution in [2.75, 3.05) is 26.2 Å². The molecule has 1 N–H and O–H groups in total. The van der Waals surface area contributed by atoms with Gasteiger partial charge in [-0.3, -0.25) is 14.5 Å². The number of carbonyl (C=O) groups is 2. The zero-order chi connectivity index (χ0) is 25.3. The van der Waals surface area contributed by atoms with Crippen molar-refractivity contribution in [2.24, 2.45) is 0 Å². The number of carbonyl (C=O) groups excluding carboxylic acids is 2. The molecule has 1 amide bonds. The van der Waals surface area contributed by atoms with Crippen LogP contribution in [0.15, 0.2) is 66.2 Å². The molecule has 1 heterocycles. The summed E-state index contributed by atoms with van der Waals surface area (Å²) < 4.78 is 16.2. The highest BCUT2D eigenvalue weighted by molar-refractivity contribution is 6.52. The van der Waals surface area contributed by atoms with E-state index in [9.17, 15) is 14.7 Å². The standard InChI is InChI=1S/C27H24ClNO6/c1-15-18(28)9-7-10-19(15)29-24(16-12-13-21(34-3)22(14-16)35-4)23(26(31)27(29)32)25(30)17-8-5-6-11-20(17)33-2/h5-14,24,30H,1-4H3/b25-23+. The molecule has 0 spiro atoms. The second-order valence-corrected chi connectivity index (χ2v) is 8.27. The average molecular weight is 494 g/mol. The Morgan fingerprint density at radius 2 is 1.57 bits per heavy atom. The number of ketones is 1. The lowest BCUT2D eigenvalue weighted by Gasteiger charge is -2.27. The van der Waals surface area contributed by atoms with Gasteiger partial charge in [-0.2, -0.15) is 0 Å². The Morgan fingerprint density at radius 1 is 0.886 bits per heavy atom. The molecule has 35 heavy (non-hydrogen) atoms.